The Labute approximate surface area is 115 Å². The molecular weight excluding hydrogens is 258 g/mol. The summed E-state index contributed by atoms with van der Waals surface area (Å²) in [5, 5.41) is 0. The smallest absolute Gasteiger partial charge is 0.207 e. The number of benzene rings is 1. The summed E-state index contributed by atoms with van der Waals surface area (Å²) in [6.45, 7) is 10.8. The molecule has 2 rings (SSSR count). The van der Waals surface area contributed by atoms with Gasteiger partial charge in [0.15, 0.2) is 0 Å². The Morgan fingerprint density at radius 3 is 1.95 bits per heavy atom. The van der Waals surface area contributed by atoms with Crippen molar-refractivity contribution in [1.29, 1.82) is 0 Å². The Kier molecular flexibility index (Phi) is 3.92. The molecule has 0 radical (unpaired) electrons. The molecular formula is C15H19NO2S. The first-order valence-electron chi connectivity index (χ1n) is 6.34. The number of hydrogen-bond donors (Lipinski definition) is 0. The summed E-state index contributed by atoms with van der Waals surface area (Å²) in [6, 6.07) is 6.98. The first kappa shape index (κ1) is 14.0. The average molecular weight is 277 g/mol. The van der Waals surface area contributed by atoms with Crippen LogP contribution in [0.5, 0.6) is 0 Å². The van der Waals surface area contributed by atoms with Crippen molar-refractivity contribution in [3.8, 4) is 0 Å². The topological polar surface area (TPSA) is 37.4 Å². The highest BCUT2D eigenvalue weighted by Gasteiger charge is 2.26. The summed E-state index contributed by atoms with van der Waals surface area (Å²) in [5.41, 5.74) is 2.97. The SMILES string of the molecule is C=C1CCN(S(=O)(=O)c2ccc(C)cc2)CCC1=C. The Balaban J connectivity index is 2.27. The molecule has 102 valence electrons. The van der Waals surface area contributed by atoms with E-state index in [9.17, 15) is 8.42 Å². The molecule has 0 aromatic heterocycles. The van der Waals surface area contributed by atoms with Gasteiger partial charge in [-0.1, -0.05) is 42.0 Å². The van der Waals surface area contributed by atoms with Crippen LogP contribution in [-0.4, -0.2) is 25.8 Å². The molecule has 4 heteroatoms. The quantitative estimate of drug-likeness (QED) is 0.833. The standard InChI is InChI=1S/C15H19NO2S/c1-12-4-6-15(7-5-12)19(17,18)16-10-8-13(2)14(3)9-11-16/h4-7H,2-3,8-11H2,1H3. The van der Waals surface area contributed by atoms with Gasteiger partial charge in [0.2, 0.25) is 10.0 Å². The molecule has 1 aromatic rings. The lowest BCUT2D eigenvalue weighted by atomic mass is 10.1. The highest BCUT2D eigenvalue weighted by molar-refractivity contribution is 7.89. The van der Waals surface area contributed by atoms with Gasteiger partial charge < -0.3 is 0 Å². The van der Waals surface area contributed by atoms with E-state index >= 15 is 0 Å². The number of sulfonamides is 1. The van der Waals surface area contributed by atoms with Crippen LogP contribution in [0.3, 0.4) is 0 Å². The fourth-order valence-corrected chi connectivity index (χ4v) is 3.53. The Morgan fingerprint density at radius 2 is 1.47 bits per heavy atom. The van der Waals surface area contributed by atoms with E-state index in [-0.39, 0.29) is 0 Å². The molecule has 1 aliphatic heterocycles. The van der Waals surface area contributed by atoms with Crippen molar-refractivity contribution in [3.63, 3.8) is 0 Å². The van der Waals surface area contributed by atoms with E-state index in [4.69, 9.17) is 0 Å². The summed E-state index contributed by atoms with van der Waals surface area (Å²) in [6.07, 6.45) is 1.31. The molecule has 1 heterocycles. The van der Waals surface area contributed by atoms with Crippen LogP contribution in [0.15, 0.2) is 53.5 Å². The van der Waals surface area contributed by atoms with Crippen LogP contribution < -0.4 is 0 Å². The van der Waals surface area contributed by atoms with Gasteiger partial charge in [-0.25, -0.2) is 8.42 Å². The van der Waals surface area contributed by atoms with Crippen LogP contribution in [0, 0.1) is 6.92 Å². The first-order valence-corrected chi connectivity index (χ1v) is 7.78. The lowest BCUT2D eigenvalue weighted by molar-refractivity contribution is 0.429. The molecule has 0 unspecified atom stereocenters. The minimum Gasteiger partial charge on any atom is -0.207 e. The van der Waals surface area contributed by atoms with E-state index in [2.05, 4.69) is 13.2 Å². The monoisotopic (exact) mass is 277 g/mol. The van der Waals surface area contributed by atoms with Crippen LogP contribution in [0.4, 0.5) is 0 Å². The molecule has 1 aromatic carbocycles. The van der Waals surface area contributed by atoms with Crippen molar-refractivity contribution in [3.05, 3.63) is 54.1 Å². The van der Waals surface area contributed by atoms with Crippen LogP contribution in [-0.2, 0) is 10.0 Å². The van der Waals surface area contributed by atoms with Crippen LogP contribution >= 0.6 is 0 Å². The van der Waals surface area contributed by atoms with Gasteiger partial charge in [0, 0.05) is 13.1 Å². The van der Waals surface area contributed by atoms with Crippen molar-refractivity contribution in [1.82, 2.24) is 4.31 Å². The zero-order valence-electron chi connectivity index (χ0n) is 11.2. The Morgan fingerprint density at radius 1 is 1.00 bits per heavy atom. The summed E-state index contributed by atoms with van der Waals surface area (Å²) in [7, 11) is -3.40. The number of nitrogens with zero attached hydrogens (tertiary/aromatic N) is 1. The minimum atomic E-state index is -3.40. The molecule has 1 fully saturated rings. The molecule has 19 heavy (non-hydrogen) atoms. The van der Waals surface area contributed by atoms with E-state index in [1.54, 1.807) is 12.1 Å². The molecule has 0 bridgehead atoms. The normalized spacial score (nSPS) is 18.4. The van der Waals surface area contributed by atoms with E-state index in [0.29, 0.717) is 30.8 Å². The number of hydrogen-bond acceptors (Lipinski definition) is 2. The fourth-order valence-electron chi connectivity index (χ4n) is 2.08. The molecule has 0 saturated carbocycles. The van der Waals surface area contributed by atoms with Crippen molar-refractivity contribution in [2.75, 3.05) is 13.1 Å². The van der Waals surface area contributed by atoms with Crippen molar-refractivity contribution in [2.24, 2.45) is 0 Å². The van der Waals surface area contributed by atoms with E-state index in [1.807, 2.05) is 19.1 Å². The van der Waals surface area contributed by atoms with E-state index in [0.717, 1.165) is 16.7 Å². The van der Waals surface area contributed by atoms with E-state index in [1.165, 1.54) is 4.31 Å². The van der Waals surface area contributed by atoms with Gasteiger partial charge in [-0.15, -0.1) is 0 Å². The second kappa shape index (κ2) is 5.31. The molecule has 0 spiro atoms. The third-order valence-corrected chi connectivity index (χ3v) is 5.40. The van der Waals surface area contributed by atoms with Crippen molar-refractivity contribution < 1.29 is 8.42 Å². The predicted octanol–water partition coefficient (Wildman–Crippen LogP) is 2.89. The minimum absolute atomic E-state index is 0.358. The number of aryl methyl sites for hydroxylation is 1. The van der Waals surface area contributed by atoms with E-state index < -0.39 is 10.0 Å². The maximum absolute atomic E-state index is 12.5. The highest BCUT2D eigenvalue weighted by atomic mass is 32.2. The van der Waals surface area contributed by atoms with Gasteiger partial charge in [-0.3, -0.25) is 0 Å². The lowest BCUT2D eigenvalue weighted by Gasteiger charge is -2.19. The highest BCUT2D eigenvalue weighted by Crippen LogP contribution is 2.24. The van der Waals surface area contributed by atoms with Crippen LogP contribution in [0.1, 0.15) is 18.4 Å². The molecule has 0 amide bonds. The summed E-state index contributed by atoms with van der Waals surface area (Å²) >= 11 is 0. The van der Waals surface area contributed by atoms with Gasteiger partial charge in [0.1, 0.15) is 0 Å². The lowest BCUT2D eigenvalue weighted by Crippen LogP contribution is -2.31. The van der Waals surface area contributed by atoms with Gasteiger partial charge in [-0.05, 0) is 31.9 Å². The van der Waals surface area contributed by atoms with Gasteiger partial charge in [0.25, 0.3) is 0 Å². The van der Waals surface area contributed by atoms with Crippen LogP contribution in [0.25, 0.3) is 0 Å². The summed E-state index contributed by atoms with van der Waals surface area (Å²) < 4.78 is 26.6. The summed E-state index contributed by atoms with van der Waals surface area (Å²) in [4.78, 5) is 0.358. The fraction of sp³-hybridized carbons (Fsp3) is 0.333. The number of rotatable bonds is 2. The largest absolute Gasteiger partial charge is 0.243 e. The molecule has 0 N–H and O–H groups in total. The third kappa shape index (κ3) is 2.96. The zero-order valence-corrected chi connectivity index (χ0v) is 12.0. The maximum Gasteiger partial charge on any atom is 0.243 e. The molecule has 1 aliphatic rings. The molecule has 0 atom stereocenters. The summed E-state index contributed by atoms with van der Waals surface area (Å²) in [5.74, 6) is 0. The predicted molar refractivity (Wildman–Crippen MR) is 77.5 cm³/mol. The average Bonchev–Trinajstić information content (AvgIpc) is 2.53. The van der Waals surface area contributed by atoms with Crippen LogP contribution in [0.2, 0.25) is 0 Å². The van der Waals surface area contributed by atoms with Gasteiger partial charge in [0.05, 0.1) is 4.90 Å². The van der Waals surface area contributed by atoms with Gasteiger partial charge in [-0.2, -0.15) is 4.31 Å². The van der Waals surface area contributed by atoms with Crippen molar-refractivity contribution >= 4 is 10.0 Å². The maximum atomic E-state index is 12.5. The van der Waals surface area contributed by atoms with Gasteiger partial charge >= 0.3 is 0 Å². The van der Waals surface area contributed by atoms with Crippen molar-refractivity contribution in [2.45, 2.75) is 24.7 Å². The molecule has 1 saturated heterocycles. The third-order valence-electron chi connectivity index (χ3n) is 3.48. The molecule has 0 aliphatic carbocycles. The Hall–Kier alpha value is -1.39. The zero-order chi connectivity index (χ0) is 14.0. The first-order chi connectivity index (χ1) is 8.91. The second-order valence-electron chi connectivity index (χ2n) is 4.92. The molecule has 3 nitrogen and oxygen atoms in total. The second-order valence-corrected chi connectivity index (χ2v) is 6.86. The Bertz CT molecular complexity index is 582.